The lowest BCUT2D eigenvalue weighted by molar-refractivity contribution is 0.504. The molecule has 1 atom stereocenters. The second-order valence-electron chi connectivity index (χ2n) is 4.60. The maximum atomic E-state index is 6.21. The van der Waals surface area contributed by atoms with Gasteiger partial charge in [-0.15, -0.1) is 0 Å². The highest BCUT2D eigenvalue weighted by Crippen LogP contribution is 2.29. The van der Waals surface area contributed by atoms with E-state index < -0.39 is 0 Å². The third-order valence-electron chi connectivity index (χ3n) is 3.23. The summed E-state index contributed by atoms with van der Waals surface area (Å²) in [6.45, 7) is 3.97. The van der Waals surface area contributed by atoms with Crippen molar-refractivity contribution in [2.45, 2.75) is 19.9 Å². The third-order valence-corrected chi connectivity index (χ3v) is 3.23. The average Bonchev–Trinajstić information content (AvgIpc) is 2.93. The van der Waals surface area contributed by atoms with Crippen LogP contribution < -0.4 is 5.73 Å². The van der Waals surface area contributed by atoms with E-state index in [2.05, 4.69) is 13.0 Å². The molecule has 92 valence electrons. The fraction of sp³-hybridized carbons (Fsp3) is 0.200. The Bertz CT molecular complexity index is 693. The van der Waals surface area contributed by atoms with Crippen LogP contribution in [0.15, 0.2) is 45.4 Å². The van der Waals surface area contributed by atoms with Crippen LogP contribution in [0.4, 0.5) is 0 Å². The summed E-state index contributed by atoms with van der Waals surface area (Å²) in [5.41, 5.74) is 9.25. The van der Waals surface area contributed by atoms with Gasteiger partial charge in [0.1, 0.15) is 17.1 Å². The minimum absolute atomic E-state index is 0.281. The first kappa shape index (κ1) is 11.1. The largest absolute Gasteiger partial charge is 0.469 e. The summed E-state index contributed by atoms with van der Waals surface area (Å²) in [5, 5.41) is 1.08. The lowest BCUT2D eigenvalue weighted by Crippen LogP contribution is -2.10. The second kappa shape index (κ2) is 4.03. The normalized spacial score (nSPS) is 13.1. The molecule has 0 radical (unpaired) electrons. The van der Waals surface area contributed by atoms with Crippen molar-refractivity contribution in [2.75, 3.05) is 0 Å². The van der Waals surface area contributed by atoms with Crippen molar-refractivity contribution in [2.24, 2.45) is 5.73 Å². The van der Waals surface area contributed by atoms with Gasteiger partial charge in [0.05, 0.1) is 12.3 Å². The molecule has 0 aliphatic heterocycles. The maximum Gasteiger partial charge on any atom is 0.134 e. The molecule has 3 nitrogen and oxygen atoms in total. The Balaban J connectivity index is 2.07. The number of hydrogen-bond donors (Lipinski definition) is 1. The summed E-state index contributed by atoms with van der Waals surface area (Å²) in [4.78, 5) is 0. The Hall–Kier alpha value is -2.00. The second-order valence-corrected chi connectivity index (χ2v) is 4.60. The van der Waals surface area contributed by atoms with Crippen molar-refractivity contribution in [3.63, 3.8) is 0 Å². The molecule has 0 bridgehead atoms. The highest BCUT2D eigenvalue weighted by molar-refractivity contribution is 5.78. The topological polar surface area (TPSA) is 52.3 Å². The first-order valence-electron chi connectivity index (χ1n) is 5.95. The molecule has 1 aromatic carbocycles. The van der Waals surface area contributed by atoms with Gasteiger partial charge in [0.2, 0.25) is 0 Å². The number of furan rings is 2. The van der Waals surface area contributed by atoms with Crippen LogP contribution in [-0.4, -0.2) is 0 Å². The Kier molecular flexibility index (Phi) is 2.49. The van der Waals surface area contributed by atoms with Gasteiger partial charge in [-0.2, -0.15) is 0 Å². The number of nitrogens with two attached hydrogens (primary N) is 1. The van der Waals surface area contributed by atoms with Crippen LogP contribution >= 0.6 is 0 Å². The molecule has 0 amide bonds. The van der Waals surface area contributed by atoms with Crippen molar-refractivity contribution < 1.29 is 8.83 Å². The summed E-state index contributed by atoms with van der Waals surface area (Å²) >= 11 is 0. The SMILES string of the molecule is Cc1ccc2oc(C(N)c3ccoc3C)cc2c1. The van der Waals surface area contributed by atoms with E-state index in [0.717, 1.165) is 28.1 Å². The van der Waals surface area contributed by atoms with Gasteiger partial charge >= 0.3 is 0 Å². The summed E-state index contributed by atoms with van der Waals surface area (Å²) in [6, 6.07) is 9.71. The summed E-state index contributed by atoms with van der Waals surface area (Å²) < 4.78 is 11.1. The van der Waals surface area contributed by atoms with Gasteiger partial charge in [-0.25, -0.2) is 0 Å². The molecule has 0 aliphatic carbocycles. The Morgan fingerprint density at radius 1 is 1.11 bits per heavy atom. The Labute approximate surface area is 105 Å². The molecule has 0 saturated heterocycles. The molecule has 3 heteroatoms. The molecule has 3 rings (SSSR count). The van der Waals surface area contributed by atoms with Crippen molar-refractivity contribution in [1.82, 2.24) is 0 Å². The van der Waals surface area contributed by atoms with Gasteiger partial charge in [0.15, 0.2) is 0 Å². The van der Waals surface area contributed by atoms with Gasteiger partial charge in [-0.3, -0.25) is 0 Å². The number of hydrogen-bond acceptors (Lipinski definition) is 3. The van der Waals surface area contributed by atoms with Gasteiger partial charge in [0.25, 0.3) is 0 Å². The van der Waals surface area contributed by atoms with Crippen LogP contribution in [0.5, 0.6) is 0 Å². The van der Waals surface area contributed by atoms with Gasteiger partial charge < -0.3 is 14.6 Å². The first-order valence-corrected chi connectivity index (χ1v) is 5.95. The van der Waals surface area contributed by atoms with E-state index in [1.54, 1.807) is 6.26 Å². The fourth-order valence-corrected chi connectivity index (χ4v) is 2.21. The van der Waals surface area contributed by atoms with Crippen LogP contribution in [0, 0.1) is 13.8 Å². The lowest BCUT2D eigenvalue weighted by Gasteiger charge is -2.06. The molecule has 0 fully saturated rings. The smallest absolute Gasteiger partial charge is 0.134 e. The van der Waals surface area contributed by atoms with Gasteiger partial charge in [-0.1, -0.05) is 11.6 Å². The lowest BCUT2D eigenvalue weighted by atomic mass is 10.1. The minimum atomic E-state index is -0.281. The van der Waals surface area contributed by atoms with E-state index in [1.165, 1.54) is 5.56 Å². The van der Waals surface area contributed by atoms with Crippen LogP contribution in [0.1, 0.15) is 28.7 Å². The Morgan fingerprint density at radius 3 is 2.67 bits per heavy atom. The molecule has 0 aliphatic rings. The molecule has 1 unspecified atom stereocenters. The molecular weight excluding hydrogens is 226 g/mol. The molecule has 2 aromatic heterocycles. The number of rotatable bonds is 2. The van der Waals surface area contributed by atoms with E-state index >= 15 is 0 Å². The van der Waals surface area contributed by atoms with Crippen LogP contribution in [-0.2, 0) is 0 Å². The maximum absolute atomic E-state index is 6.21. The Morgan fingerprint density at radius 2 is 1.94 bits per heavy atom. The van der Waals surface area contributed by atoms with Crippen molar-refractivity contribution in [3.8, 4) is 0 Å². The predicted molar refractivity (Wildman–Crippen MR) is 70.4 cm³/mol. The van der Waals surface area contributed by atoms with Crippen molar-refractivity contribution >= 4 is 11.0 Å². The number of aryl methyl sites for hydroxylation is 2. The zero-order valence-corrected chi connectivity index (χ0v) is 10.4. The molecule has 0 spiro atoms. The van der Waals surface area contributed by atoms with E-state index in [9.17, 15) is 0 Å². The van der Waals surface area contributed by atoms with Crippen molar-refractivity contribution in [3.05, 3.63) is 59.2 Å². The van der Waals surface area contributed by atoms with Gasteiger partial charge in [0, 0.05) is 10.9 Å². The van der Waals surface area contributed by atoms with E-state index in [-0.39, 0.29) is 6.04 Å². The number of fused-ring (bicyclic) bond motifs is 1. The monoisotopic (exact) mass is 241 g/mol. The zero-order chi connectivity index (χ0) is 12.7. The molecule has 3 aromatic rings. The predicted octanol–water partition coefficient (Wildman–Crippen LogP) is 3.69. The third kappa shape index (κ3) is 1.73. The minimum Gasteiger partial charge on any atom is -0.469 e. The highest BCUT2D eigenvalue weighted by atomic mass is 16.3. The summed E-state index contributed by atoms with van der Waals surface area (Å²) in [7, 11) is 0. The van der Waals surface area contributed by atoms with E-state index in [0.29, 0.717) is 0 Å². The standard InChI is InChI=1S/C15H15NO2/c1-9-3-4-13-11(7-9)8-14(18-13)15(16)12-5-6-17-10(12)2/h3-8,15H,16H2,1-2H3. The quantitative estimate of drug-likeness (QED) is 0.744. The summed E-state index contributed by atoms with van der Waals surface area (Å²) in [6.07, 6.45) is 1.65. The van der Waals surface area contributed by atoms with Crippen molar-refractivity contribution in [1.29, 1.82) is 0 Å². The summed E-state index contributed by atoms with van der Waals surface area (Å²) in [5.74, 6) is 1.60. The fourth-order valence-electron chi connectivity index (χ4n) is 2.21. The molecular formula is C15H15NO2. The van der Waals surface area contributed by atoms with E-state index in [4.69, 9.17) is 14.6 Å². The number of benzene rings is 1. The molecule has 2 N–H and O–H groups in total. The van der Waals surface area contributed by atoms with Gasteiger partial charge in [-0.05, 0) is 38.1 Å². The van der Waals surface area contributed by atoms with Crippen LogP contribution in [0.25, 0.3) is 11.0 Å². The molecule has 18 heavy (non-hydrogen) atoms. The highest BCUT2D eigenvalue weighted by Gasteiger charge is 2.17. The zero-order valence-electron chi connectivity index (χ0n) is 10.4. The average molecular weight is 241 g/mol. The molecule has 2 heterocycles. The molecule has 0 saturated carbocycles. The van der Waals surface area contributed by atoms with Crippen LogP contribution in [0.2, 0.25) is 0 Å². The van der Waals surface area contributed by atoms with E-state index in [1.807, 2.05) is 31.2 Å². The van der Waals surface area contributed by atoms with Crippen LogP contribution in [0.3, 0.4) is 0 Å². The first-order chi connectivity index (χ1) is 8.65.